The van der Waals surface area contributed by atoms with E-state index in [0.717, 1.165) is 12.2 Å². The number of rotatable bonds is 2. The van der Waals surface area contributed by atoms with Gasteiger partial charge < -0.3 is 10.5 Å². The third-order valence-electron chi connectivity index (χ3n) is 2.08. The van der Waals surface area contributed by atoms with Crippen LogP contribution in [0.1, 0.15) is 20.3 Å². The zero-order valence-electron chi connectivity index (χ0n) is 6.90. The summed E-state index contributed by atoms with van der Waals surface area (Å²) in [5, 5.41) is 0. The summed E-state index contributed by atoms with van der Waals surface area (Å²) in [5.74, 6) is 0.977. The van der Waals surface area contributed by atoms with Gasteiger partial charge >= 0.3 is 0 Å². The maximum atomic E-state index is 5.46. The Morgan fingerprint density at radius 2 is 2.20 bits per heavy atom. The van der Waals surface area contributed by atoms with Crippen molar-refractivity contribution in [3.63, 3.8) is 0 Å². The van der Waals surface area contributed by atoms with Crippen LogP contribution in [0.3, 0.4) is 0 Å². The second-order valence-electron chi connectivity index (χ2n) is 3.37. The van der Waals surface area contributed by atoms with Crippen LogP contribution in [0.25, 0.3) is 0 Å². The average molecular weight is 141 g/mol. The zero-order chi connectivity index (χ0) is 7.78. The maximum absolute atomic E-state index is 5.46. The fraction of sp³-hybridized carbons (Fsp3) is 0.750. The molecule has 0 unspecified atom stereocenters. The lowest BCUT2D eigenvalue weighted by Gasteiger charge is -2.02. The molecule has 0 heterocycles. The summed E-state index contributed by atoms with van der Waals surface area (Å²) in [6.07, 6.45) is 1.15. The minimum atomic E-state index is 0.366. The molecule has 0 aliphatic heterocycles. The van der Waals surface area contributed by atoms with Crippen molar-refractivity contribution in [1.29, 1.82) is 0 Å². The highest BCUT2D eigenvalue weighted by Crippen LogP contribution is 2.52. The van der Waals surface area contributed by atoms with Gasteiger partial charge in [0.25, 0.3) is 0 Å². The highest BCUT2D eigenvalue weighted by Gasteiger charge is 2.41. The summed E-state index contributed by atoms with van der Waals surface area (Å²) < 4.78 is 5.11. The molecule has 1 aliphatic carbocycles. The Morgan fingerprint density at radius 3 is 2.30 bits per heavy atom. The number of hydrogen-bond donors (Lipinski definition) is 1. The first-order chi connectivity index (χ1) is 4.61. The molecule has 58 valence electrons. The van der Waals surface area contributed by atoms with E-state index < -0.39 is 0 Å². The van der Waals surface area contributed by atoms with E-state index >= 15 is 0 Å². The molecule has 2 N–H and O–H groups in total. The molecule has 1 aliphatic rings. The van der Waals surface area contributed by atoms with E-state index in [4.69, 9.17) is 10.5 Å². The van der Waals surface area contributed by atoms with Gasteiger partial charge in [-0.05, 0) is 17.4 Å². The molecule has 1 fully saturated rings. The predicted octanol–water partition coefficient (Wildman–Crippen LogP) is 1.28. The van der Waals surface area contributed by atoms with Crippen molar-refractivity contribution in [2.45, 2.75) is 20.3 Å². The minimum Gasteiger partial charge on any atom is -0.500 e. The Hall–Kier alpha value is -0.500. The Morgan fingerprint density at radius 1 is 1.70 bits per heavy atom. The van der Waals surface area contributed by atoms with E-state index in [1.54, 1.807) is 7.11 Å². The van der Waals surface area contributed by atoms with Crippen LogP contribution < -0.4 is 5.73 Å². The first-order valence-electron chi connectivity index (χ1n) is 3.58. The molecule has 0 spiro atoms. The molecule has 2 heteroatoms. The molecule has 0 radical (unpaired) electrons. The number of allylic oxidation sites excluding steroid dienone is 1. The van der Waals surface area contributed by atoms with Crippen molar-refractivity contribution in [3.8, 4) is 0 Å². The van der Waals surface area contributed by atoms with Crippen LogP contribution in [0.15, 0.2) is 11.3 Å². The first-order valence-corrected chi connectivity index (χ1v) is 3.58. The molecule has 0 aromatic carbocycles. The van der Waals surface area contributed by atoms with E-state index in [0.29, 0.717) is 12.0 Å². The van der Waals surface area contributed by atoms with Crippen LogP contribution in [-0.2, 0) is 4.74 Å². The molecule has 0 aromatic rings. The normalized spacial score (nSPS) is 26.0. The van der Waals surface area contributed by atoms with Crippen molar-refractivity contribution < 1.29 is 4.74 Å². The second kappa shape index (κ2) is 2.27. The molecule has 1 rings (SSSR count). The molecular weight excluding hydrogens is 126 g/mol. The Labute approximate surface area is 62.1 Å². The fourth-order valence-corrected chi connectivity index (χ4v) is 1.20. The molecule has 0 atom stereocenters. The molecule has 0 amide bonds. The van der Waals surface area contributed by atoms with Crippen molar-refractivity contribution in [1.82, 2.24) is 0 Å². The van der Waals surface area contributed by atoms with E-state index in [1.165, 1.54) is 5.57 Å². The van der Waals surface area contributed by atoms with Crippen molar-refractivity contribution >= 4 is 0 Å². The number of hydrogen-bond acceptors (Lipinski definition) is 2. The number of nitrogens with two attached hydrogens (primary N) is 1. The van der Waals surface area contributed by atoms with Crippen LogP contribution in [0, 0.1) is 5.41 Å². The molecule has 10 heavy (non-hydrogen) atoms. The lowest BCUT2D eigenvalue weighted by atomic mass is 10.1. The van der Waals surface area contributed by atoms with Crippen LogP contribution in [-0.4, -0.2) is 13.7 Å². The van der Waals surface area contributed by atoms with Gasteiger partial charge in [-0.1, -0.05) is 13.8 Å². The van der Waals surface area contributed by atoms with Crippen LogP contribution in [0.5, 0.6) is 0 Å². The van der Waals surface area contributed by atoms with Crippen LogP contribution >= 0.6 is 0 Å². The summed E-state index contributed by atoms with van der Waals surface area (Å²) >= 11 is 0. The molecule has 0 aromatic heterocycles. The van der Waals surface area contributed by atoms with Gasteiger partial charge in [-0.2, -0.15) is 0 Å². The van der Waals surface area contributed by atoms with Crippen molar-refractivity contribution in [2.75, 3.05) is 13.7 Å². The Kier molecular flexibility index (Phi) is 1.73. The first kappa shape index (κ1) is 7.61. The standard InChI is InChI=1S/C8H15NO/c1-8(2)4-6(8)7(5-9)10-3/h4-5,9H2,1-3H3/b7-6-. The number of ether oxygens (including phenoxy) is 1. The van der Waals surface area contributed by atoms with E-state index in [9.17, 15) is 0 Å². The zero-order valence-corrected chi connectivity index (χ0v) is 6.90. The van der Waals surface area contributed by atoms with Crippen molar-refractivity contribution in [3.05, 3.63) is 11.3 Å². The van der Waals surface area contributed by atoms with Gasteiger partial charge in [0, 0.05) is 0 Å². The Balaban J connectivity index is 2.69. The summed E-state index contributed by atoms with van der Waals surface area (Å²) in [6.45, 7) is 4.95. The molecular formula is C8H15NO. The molecule has 0 saturated heterocycles. The SMILES string of the molecule is CO/C(CN)=C1/CC1(C)C. The summed E-state index contributed by atoms with van der Waals surface area (Å²) in [7, 11) is 1.68. The van der Waals surface area contributed by atoms with Gasteiger partial charge in [-0.15, -0.1) is 0 Å². The topological polar surface area (TPSA) is 35.2 Å². The van der Waals surface area contributed by atoms with Crippen molar-refractivity contribution in [2.24, 2.45) is 11.1 Å². The van der Waals surface area contributed by atoms with E-state index in [1.807, 2.05) is 0 Å². The molecule has 2 nitrogen and oxygen atoms in total. The lowest BCUT2D eigenvalue weighted by molar-refractivity contribution is 0.283. The van der Waals surface area contributed by atoms with Gasteiger partial charge in [0.2, 0.25) is 0 Å². The smallest absolute Gasteiger partial charge is 0.109 e. The summed E-state index contributed by atoms with van der Waals surface area (Å²) in [6, 6.07) is 0. The second-order valence-corrected chi connectivity index (χ2v) is 3.37. The van der Waals surface area contributed by atoms with E-state index in [2.05, 4.69) is 13.8 Å². The van der Waals surface area contributed by atoms with Gasteiger partial charge in [-0.25, -0.2) is 0 Å². The quantitative estimate of drug-likeness (QED) is 0.588. The lowest BCUT2D eigenvalue weighted by Crippen LogP contribution is -2.05. The molecule has 1 saturated carbocycles. The Bertz CT molecular complexity index is 164. The maximum Gasteiger partial charge on any atom is 0.109 e. The average Bonchev–Trinajstić information content (AvgIpc) is 2.44. The highest BCUT2D eigenvalue weighted by molar-refractivity contribution is 5.33. The predicted molar refractivity (Wildman–Crippen MR) is 41.5 cm³/mol. The summed E-state index contributed by atoms with van der Waals surface area (Å²) in [4.78, 5) is 0. The third-order valence-corrected chi connectivity index (χ3v) is 2.08. The highest BCUT2D eigenvalue weighted by atomic mass is 16.5. The van der Waals surface area contributed by atoms with Crippen LogP contribution in [0.2, 0.25) is 0 Å². The largest absolute Gasteiger partial charge is 0.500 e. The van der Waals surface area contributed by atoms with E-state index in [-0.39, 0.29) is 0 Å². The van der Waals surface area contributed by atoms with Crippen LogP contribution in [0.4, 0.5) is 0 Å². The van der Waals surface area contributed by atoms with Gasteiger partial charge in [0.1, 0.15) is 5.76 Å². The third kappa shape index (κ3) is 1.16. The van der Waals surface area contributed by atoms with Gasteiger partial charge in [-0.3, -0.25) is 0 Å². The fourth-order valence-electron chi connectivity index (χ4n) is 1.20. The summed E-state index contributed by atoms with van der Waals surface area (Å²) in [5.41, 5.74) is 7.21. The monoisotopic (exact) mass is 141 g/mol. The van der Waals surface area contributed by atoms with Gasteiger partial charge in [0.15, 0.2) is 0 Å². The minimum absolute atomic E-state index is 0.366. The van der Waals surface area contributed by atoms with Gasteiger partial charge in [0.05, 0.1) is 13.7 Å². The molecule has 0 bridgehead atoms. The number of methoxy groups -OCH3 is 1.